The molecule has 0 saturated heterocycles. The first-order valence-electron chi connectivity index (χ1n) is 10.0. The number of benzene rings is 2. The lowest BCUT2D eigenvalue weighted by molar-refractivity contribution is 0.0940. The molecule has 3 heterocycles. The predicted molar refractivity (Wildman–Crippen MR) is 115 cm³/mol. The maximum atomic E-state index is 13.3. The van der Waals surface area contributed by atoms with Crippen molar-refractivity contribution in [1.29, 1.82) is 0 Å². The van der Waals surface area contributed by atoms with Gasteiger partial charge in [-0.1, -0.05) is 36.4 Å². The largest absolute Gasteiger partial charge is 0.457 e. The number of carbonyl (C=O) groups is 1. The van der Waals surface area contributed by atoms with Crippen LogP contribution in [0, 0.1) is 6.92 Å². The van der Waals surface area contributed by atoms with E-state index in [4.69, 9.17) is 4.74 Å². The van der Waals surface area contributed by atoms with E-state index in [0.717, 1.165) is 33.7 Å². The summed E-state index contributed by atoms with van der Waals surface area (Å²) < 4.78 is 7.90. The molecule has 150 valence electrons. The molecule has 2 aromatic heterocycles. The Labute approximate surface area is 174 Å². The summed E-state index contributed by atoms with van der Waals surface area (Å²) >= 11 is 0. The van der Waals surface area contributed by atoms with Crippen LogP contribution in [0.5, 0.6) is 11.5 Å². The van der Waals surface area contributed by atoms with Crippen LogP contribution in [0.1, 0.15) is 53.1 Å². The van der Waals surface area contributed by atoms with Crippen LogP contribution < -0.4 is 10.1 Å². The second-order valence-electron chi connectivity index (χ2n) is 7.80. The summed E-state index contributed by atoms with van der Waals surface area (Å²) in [4.78, 5) is 18.0. The van der Waals surface area contributed by atoms with Gasteiger partial charge in [0.1, 0.15) is 11.5 Å². The SMILES string of the molecule is Cc1nc2c(cnn2C(C)C)cc1C(=O)NC1c2ccccc2Oc2ccccc21. The van der Waals surface area contributed by atoms with Gasteiger partial charge >= 0.3 is 0 Å². The Morgan fingerprint density at radius 1 is 1.07 bits per heavy atom. The number of ether oxygens (including phenoxy) is 1. The number of amides is 1. The fourth-order valence-electron chi connectivity index (χ4n) is 3.95. The van der Waals surface area contributed by atoms with E-state index in [9.17, 15) is 4.79 Å². The Bertz CT molecular complexity index is 1230. The van der Waals surface area contributed by atoms with Crippen LogP contribution in [0.25, 0.3) is 11.0 Å². The molecule has 0 aliphatic carbocycles. The zero-order chi connectivity index (χ0) is 20.8. The van der Waals surface area contributed by atoms with Crippen molar-refractivity contribution in [3.8, 4) is 11.5 Å². The maximum Gasteiger partial charge on any atom is 0.253 e. The fourth-order valence-corrected chi connectivity index (χ4v) is 3.95. The molecule has 0 atom stereocenters. The molecule has 6 nitrogen and oxygen atoms in total. The van der Waals surface area contributed by atoms with Crippen molar-refractivity contribution >= 4 is 16.9 Å². The Morgan fingerprint density at radius 3 is 2.33 bits per heavy atom. The van der Waals surface area contributed by atoms with Gasteiger partial charge in [0.2, 0.25) is 0 Å². The summed E-state index contributed by atoms with van der Waals surface area (Å²) in [5, 5.41) is 8.47. The first-order valence-corrected chi connectivity index (χ1v) is 10.0. The quantitative estimate of drug-likeness (QED) is 0.530. The number of fused-ring (bicyclic) bond motifs is 3. The molecular weight excluding hydrogens is 376 g/mol. The van der Waals surface area contributed by atoms with Crippen LogP contribution in [0.3, 0.4) is 0 Å². The third-order valence-electron chi connectivity index (χ3n) is 5.45. The van der Waals surface area contributed by atoms with Gasteiger partial charge in [0.25, 0.3) is 5.91 Å². The highest BCUT2D eigenvalue weighted by Crippen LogP contribution is 2.42. The predicted octanol–water partition coefficient (Wildman–Crippen LogP) is 4.95. The summed E-state index contributed by atoms with van der Waals surface area (Å²) in [6, 6.07) is 17.3. The second-order valence-corrected chi connectivity index (χ2v) is 7.80. The molecule has 30 heavy (non-hydrogen) atoms. The average Bonchev–Trinajstić information content (AvgIpc) is 3.15. The van der Waals surface area contributed by atoms with Crippen molar-refractivity contribution in [3.63, 3.8) is 0 Å². The molecule has 1 N–H and O–H groups in total. The van der Waals surface area contributed by atoms with E-state index >= 15 is 0 Å². The Morgan fingerprint density at radius 2 is 1.70 bits per heavy atom. The van der Waals surface area contributed by atoms with Crippen molar-refractivity contribution in [2.24, 2.45) is 0 Å². The van der Waals surface area contributed by atoms with E-state index in [1.807, 2.05) is 66.2 Å². The Balaban J connectivity index is 1.54. The third kappa shape index (κ3) is 2.92. The molecule has 1 amide bonds. The lowest BCUT2D eigenvalue weighted by atomic mass is 9.94. The van der Waals surface area contributed by atoms with Gasteiger partial charge in [0, 0.05) is 22.6 Å². The molecule has 2 aromatic carbocycles. The van der Waals surface area contributed by atoms with E-state index in [1.54, 1.807) is 6.20 Å². The molecule has 4 aromatic rings. The van der Waals surface area contributed by atoms with Crippen LogP contribution in [-0.2, 0) is 0 Å². The number of para-hydroxylation sites is 2. The van der Waals surface area contributed by atoms with Gasteiger partial charge in [0.15, 0.2) is 5.65 Å². The smallest absolute Gasteiger partial charge is 0.253 e. The number of aromatic nitrogens is 3. The lowest BCUT2D eigenvalue weighted by Gasteiger charge is -2.29. The van der Waals surface area contributed by atoms with E-state index in [0.29, 0.717) is 11.3 Å². The normalized spacial score (nSPS) is 13.1. The Hall–Kier alpha value is -3.67. The van der Waals surface area contributed by atoms with Gasteiger partial charge < -0.3 is 10.1 Å². The summed E-state index contributed by atoms with van der Waals surface area (Å²) in [6.45, 7) is 5.98. The summed E-state index contributed by atoms with van der Waals surface area (Å²) in [7, 11) is 0. The summed E-state index contributed by atoms with van der Waals surface area (Å²) in [5.41, 5.74) is 3.89. The van der Waals surface area contributed by atoms with E-state index in [1.165, 1.54) is 0 Å². The first-order chi connectivity index (χ1) is 14.5. The minimum atomic E-state index is -0.299. The van der Waals surface area contributed by atoms with Gasteiger partial charge in [-0.2, -0.15) is 5.10 Å². The number of rotatable bonds is 3. The van der Waals surface area contributed by atoms with Gasteiger partial charge in [-0.15, -0.1) is 0 Å². The molecule has 0 radical (unpaired) electrons. The molecule has 0 spiro atoms. The number of hydrogen-bond acceptors (Lipinski definition) is 4. The molecule has 6 heteroatoms. The van der Waals surface area contributed by atoms with E-state index in [2.05, 4.69) is 29.2 Å². The second kappa shape index (κ2) is 6.99. The molecule has 0 bridgehead atoms. The van der Waals surface area contributed by atoms with Crippen molar-refractivity contribution in [1.82, 2.24) is 20.1 Å². The molecular formula is C24H22N4O2. The zero-order valence-corrected chi connectivity index (χ0v) is 17.1. The number of nitrogens with zero attached hydrogens (tertiary/aromatic N) is 3. The van der Waals surface area contributed by atoms with Crippen molar-refractivity contribution in [2.45, 2.75) is 32.9 Å². The van der Waals surface area contributed by atoms with Gasteiger partial charge in [-0.3, -0.25) is 4.79 Å². The summed E-state index contributed by atoms with van der Waals surface area (Å²) in [6.07, 6.45) is 1.76. The van der Waals surface area contributed by atoms with Gasteiger partial charge in [0.05, 0.1) is 23.5 Å². The van der Waals surface area contributed by atoms with Gasteiger partial charge in [-0.05, 0) is 39.0 Å². The monoisotopic (exact) mass is 398 g/mol. The zero-order valence-electron chi connectivity index (χ0n) is 17.1. The number of aryl methyl sites for hydroxylation is 1. The first kappa shape index (κ1) is 18.4. The van der Waals surface area contributed by atoms with Crippen LogP contribution >= 0.6 is 0 Å². The van der Waals surface area contributed by atoms with E-state index in [-0.39, 0.29) is 18.0 Å². The molecule has 1 aliphatic heterocycles. The van der Waals surface area contributed by atoms with Gasteiger partial charge in [-0.25, -0.2) is 9.67 Å². The van der Waals surface area contributed by atoms with Crippen LogP contribution in [0.15, 0.2) is 60.8 Å². The highest BCUT2D eigenvalue weighted by atomic mass is 16.5. The standard InChI is InChI=1S/C24H22N4O2/c1-14(2)28-23-16(13-25-28)12-19(15(3)26-23)24(29)27-22-17-8-4-6-10-20(17)30-21-11-7-5-9-18(21)22/h4-14,22H,1-3H3,(H,27,29). The van der Waals surface area contributed by atoms with Crippen molar-refractivity contribution in [2.75, 3.05) is 0 Å². The fraction of sp³-hybridized carbons (Fsp3) is 0.208. The van der Waals surface area contributed by atoms with E-state index < -0.39 is 0 Å². The van der Waals surface area contributed by atoms with Crippen LogP contribution in [0.2, 0.25) is 0 Å². The molecule has 0 fully saturated rings. The highest BCUT2D eigenvalue weighted by Gasteiger charge is 2.29. The number of pyridine rings is 1. The minimum absolute atomic E-state index is 0.171. The molecule has 5 rings (SSSR count). The molecule has 1 aliphatic rings. The number of hydrogen-bond donors (Lipinski definition) is 1. The van der Waals surface area contributed by atoms with Crippen molar-refractivity contribution < 1.29 is 9.53 Å². The number of nitrogens with one attached hydrogen (secondary N) is 1. The highest BCUT2D eigenvalue weighted by molar-refractivity contribution is 5.98. The minimum Gasteiger partial charge on any atom is -0.457 e. The average molecular weight is 398 g/mol. The van der Waals surface area contributed by atoms with Crippen LogP contribution in [0.4, 0.5) is 0 Å². The Kier molecular flexibility index (Phi) is 4.28. The summed E-state index contributed by atoms with van der Waals surface area (Å²) in [5.74, 6) is 1.34. The lowest BCUT2D eigenvalue weighted by Crippen LogP contribution is -2.31. The topological polar surface area (TPSA) is 69.0 Å². The molecule has 0 saturated carbocycles. The van der Waals surface area contributed by atoms with Crippen LogP contribution in [-0.4, -0.2) is 20.7 Å². The third-order valence-corrected chi connectivity index (χ3v) is 5.45. The molecule has 0 unspecified atom stereocenters. The van der Waals surface area contributed by atoms with Crippen molar-refractivity contribution in [3.05, 3.63) is 83.2 Å². The maximum absolute atomic E-state index is 13.3. The number of carbonyl (C=O) groups excluding carboxylic acids is 1.